The first kappa shape index (κ1) is 13.7. The van der Waals surface area contributed by atoms with E-state index in [4.69, 9.17) is 10.00 Å². The van der Waals surface area contributed by atoms with Crippen molar-refractivity contribution in [1.82, 2.24) is 9.97 Å². The van der Waals surface area contributed by atoms with Crippen LogP contribution in [0.2, 0.25) is 0 Å². The Morgan fingerprint density at radius 3 is 2.82 bits per heavy atom. The van der Waals surface area contributed by atoms with Crippen LogP contribution in [-0.2, 0) is 0 Å². The third-order valence-corrected chi connectivity index (χ3v) is 2.78. The van der Waals surface area contributed by atoms with Crippen LogP contribution in [-0.4, -0.2) is 29.7 Å². The van der Waals surface area contributed by atoms with Gasteiger partial charge in [0.25, 0.3) is 0 Å². The summed E-state index contributed by atoms with van der Waals surface area (Å²) >= 11 is 3.31. The minimum absolute atomic E-state index is 0.231. The summed E-state index contributed by atoms with van der Waals surface area (Å²) in [5, 5.41) is 8.64. The van der Waals surface area contributed by atoms with Crippen molar-refractivity contribution in [1.29, 1.82) is 5.26 Å². The Morgan fingerprint density at radius 2 is 2.29 bits per heavy atom. The molecule has 0 aliphatic carbocycles. The summed E-state index contributed by atoms with van der Waals surface area (Å²) in [4.78, 5) is 10.5. The molecule has 0 atom stereocenters. The van der Waals surface area contributed by atoms with Crippen LogP contribution in [0.5, 0.6) is 5.88 Å². The minimum atomic E-state index is 0.231. The van der Waals surface area contributed by atoms with Gasteiger partial charge in [0.2, 0.25) is 11.8 Å². The molecule has 0 N–H and O–H groups in total. The molecule has 92 valence electrons. The number of ether oxygens (including phenoxy) is 1. The zero-order valence-corrected chi connectivity index (χ0v) is 11.7. The normalized spacial score (nSPS) is 10.1. The fourth-order valence-electron chi connectivity index (χ4n) is 1.38. The van der Waals surface area contributed by atoms with Gasteiger partial charge in [0.05, 0.1) is 30.3 Å². The first-order chi connectivity index (χ1) is 8.10. The van der Waals surface area contributed by atoms with E-state index < -0.39 is 0 Å². The lowest BCUT2D eigenvalue weighted by atomic mass is 10.3. The van der Waals surface area contributed by atoms with Gasteiger partial charge in [0.15, 0.2) is 0 Å². The summed E-state index contributed by atoms with van der Waals surface area (Å²) in [5.41, 5.74) is 0. The molecule has 1 rings (SSSR count). The molecule has 0 spiro atoms. The number of anilines is 1. The summed E-state index contributed by atoms with van der Waals surface area (Å²) in [5.74, 6) is 1.08. The fraction of sp³-hybridized carbons (Fsp3) is 0.545. The van der Waals surface area contributed by atoms with Crippen LogP contribution in [0, 0.1) is 11.3 Å². The molecule has 0 bridgehead atoms. The van der Waals surface area contributed by atoms with Gasteiger partial charge in [-0.1, -0.05) is 0 Å². The number of methoxy groups -OCH3 is 1. The zero-order valence-electron chi connectivity index (χ0n) is 10.1. The topological polar surface area (TPSA) is 62.0 Å². The molecule has 0 aromatic carbocycles. The van der Waals surface area contributed by atoms with Crippen LogP contribution in [0.4, 0.5) is 5.95 Å². The maximum absolute atomic E-state index is 8.64. The van der Waals surface area contributed by atoms with E-state index in [-0.39, 0.29) is 6.04 Å². The van der Waals surface area contributed by atoms with Crippen LogP contribution in [0.1, 0.15) is 20.3 Å². The molecule has 1 aromatic heterocycles. The maximum Gasteiger partial charge on any atom is 0.232 e. The lowest BCUT2D eigenvalue weighted by molar-refractivity contribution is 0.393. The van der Waals surface area contributed by atoms with E-state index in [0.717, 1.165) is 0 Å². The van der Waals surface area contributed by atoms with Gasteiger partial charge in [-0.15, -0.1) is 0 Å². The van der Waals surface area contributed by atoms with Gasteiger partial charge in [-0.25, -0.2) is 4.98 Å². The number of halogens is 1. The Morgan fingerprint density at radius 1 is 1.59 bits per heavy atom. The highest BCUT2D eigenvalue weighted by atomic mass is 79.9. The molecule has 0 saturated carbocycles. The monoisotopic (exact) mass is 298 g/mol. The van der Waals surface area contributed by atoms with E-state index in [1.54, 1.807) is 13.3 Å². The van der Waals surface area contributed by atoms with Gasteiger partial charge in [-0.05, 0) is 29.8 Å². The van der Waals surface area contributed by atoms with Crippen LogP contribution in [0.15, 0.2) is 10.7 Å². The molecule has 0 aliphatic heterocycles. The second-order valence-electron chi connectivity index (χ2n) is 3.72. The van der Waals surface area contributed by atoms with Crippen molar-refractivity contribution >= 4 is 21.9 Å². The zero-order chi connectivity index (χ0) is 12.8. The molecule has 0 unspecified atom stereocenters. The van der Waals surface area contributed by atoms with Gasteiger partial charge in [-0.3, -0.25) is 0 Å². The summed E-state index contributed by atoms with van der Waals surface area (Å²) in [6, 6.07) is 2.36. The summed E-state index contributed by atoms with van der Waals surface area (Å²) in [6.45, 7) is 4.68. The quantitative estimate of drug-likeness (QED) is 0.835. The fourth-order valence-corrected chi connectivity index (χ4v) is 1.74. The van der Waals surface area contributed by atoms with Gasteiger partial charge < -0.3 is 9.64 Å². The summed E-state index contributed by atoms with van der Waals surface area (Å²) in [7, 11) is 1.56. The lowest BCUT2D eigenvalue weighted by Crippen LogP contribution is -2.33. The van der Waals surface area contributed by atoms with Crippen molar-refractivity contribution in [3.8, 4) is 11.9 Å². The first-order valence-electron chi connectivity index (χ1n) is 5.30. The smallest absolute Gasteiger partial charge is 0.232 e. The molecule has 17 heavy (non-hydrogen) atoms. The highest BCUT2D eigenvalue weighted by Gasteiger charge is 2.15. The molecule has 0 saturated heterocycles. The SMILES string of the molecule is COc1nc(N(CCC#N)C(C)C)ncc1Br. The van der Waals surface area contributed by atoms with E-state index in [0.29, 0.717) is 29.3 Å². The van der Waals surface area contributed by atoms with Crippen LogP contribution in [0.25, 0.3) is 0 Å². The lowest BCUT2D eigenvalue weighted by Gasteiger charge is -2.25. The van der Waals surface area contributed by atoms with E-state index in [2.05, 4.69) is 32.0 Å². The van der Waals surface area contributed by atoms with Gasteiger partial charge >= 0.3 is 0 Å². The number of nitriles is 1. The molecule has 0 fully saturated rings. The van der Waals surface area contributed by atoms with E-state index in [1.807, 2.05) is 18.7 Å². The van der Waals surface area contributed by atoms with Crippen molar-refractivity contribution in [3.05, 3.63) is 10.7 Å². The molecular formula is C11H15BrN4O. The van der Waals surface area contributed by atoms with E-state index in [9.17, 15) is 0 Å². The maximum atomic E-state index is 8.64. The molecule has 0 radical (unpaired) electrons. The van der Waals surface area contributed by atoms with Crippen molar-refractivity contribution < 1.29 is 4.74 Å². The molecule has 0 aliphatic rings. The van der Waals surface area contributed by atoms with Crippen LogP contribution >= 0.6 is 15.9 Å². The van der Waals surface area contributed by atoms with Gasteiger partial charge in [-0.2, -0.15) is 10.2 Å². The Balaban J connectivity index is 2.98. The van der Waals surface area contributed by atoms with Gasteiger partial charge in [0, 0.05) is 12.6 Å². The average Bonchev–Trinajstić information content (AvgIpc) is 2.31. The van der Waals surface area contributed by atoms with E-state index >= 15 is 0 Å². The number of nitrogens with zero attached hydrogens (tertiary/aromatic N) is 4. The first-order valence-corrected chi connectivity index (χ1v) is 6.09. The summed E-state index contributed by atoms with van der Waals surface area (Å²) < 4.78 is 5.85. The number of hydrogen-bond donors (Lipinski definition) is 0. The molecule has 1 heterocycles. The Kier molecular flexibility index (Phi) is 5.16. The Hall–Kier alpha value is -1.35. The van der Waals surface area contributed by atoms with Gasteiger partial charge in [0.1, 0.15) is 0 Å². The average molecular weight is 299 g/mol. The number of aromatic nitrogens is 2. The molecule has 6 heteroatoms. The third kappa shape index (κ3) is 3.56. The largest absolute Gasteiger partial charge is 0.480 e. The number of hydrogen-bond acceptors (Lipinski definition) is 5. The molecule has 0 amide bonds. The minimum Gasteiger partial charge on any atom is -0.480 e. The number of rotatable bonds is 5. The highest BCUT2D eigenvalue weighted by Crippen LogP contribution is 2.24. The molecule has 5 nitrogen and oxygen atoms in total. The molecule has 1 aromatic rings. The Bertz CT molecular complexity index is 416. The second-order valence-corrected chi connectivity index (χ2v) is 4.58. The third-order valence-electron chi connectivity index (χ3n) is 2.24. The highest BCUT2D eigenvalue weighted by molar-refractivity contribution is 9.10. The Labute approximate surface area is 110 Å². The van der Waals surface area contributed by atoms with Crippen molar-refractivity contribution in [2.45, 2.75) is 26.3 Å². The second kappa shape index (κ2) is 6.40. The predicted molar refractivity (Wildman–Crippen MR) is 69.0 cm³/mol. The van der Waals surface area contributed by atoms with Crippen molar-refractivity contribution in [2.75, 3.05) is 18.6 Å². The molecular weight excluding hydrogens is 284 g/mol. The van der Waals surface area contributed by atoms with E-state index in [1.165, 1.54) is 0 Å². The summed E-state index contributed by atoms with van der Waals surface area (Å²) in [6.07, 6.45) is 2.10. The van der Waals surface area contributed by atoms with Crippen LogP contribution in [0.3, 0.4) is 0 Å². The van der Waals surface area contributed by atoms with Crippen molar-refractivity contribution in [3.63, 3.8) is 0 Å². The van der Waals surface area contributed by atoms with Crippen LogP contribution < -0.4 is 9.64 Å². The standard InChI is InChI=1S/C11H15BrN4O/c1-8(2)16(6-4-5-13)11-14-7-9(12)10(15-11)17-3/h7-8H,4,6H2,1-3H3. The van der Waals surface area contributed by atoms with Crippen molar-refractivity contribution in [2.24, 2.45) is 0 Å². The predicted octanol–water partition coefficient (Wildman–Crippen LogP) is 2.38.